The van der Waals surface area contributed by atoms with Crippen molar-refractivity contribution in [2.45, 2.75) is 0 Å². The van der Waals surface area contributed by atoms with Gasteiger partial charge in [0.15, 0.2) is 0 Å². The summed E-state index contributed by atoms with van der Waals surface area (Å²) in [6.07, 6.45) is 0. The molecule has 0 atom stereocenters. The molecule has 0 saturated heterocycles. The molecule has 8 aromatic carbocycles. The molecule has 0 bridgehead atoms. The van der Waals surface area contributed by atoms with E-state index in [1.807, 2.05) is 0 Å². The second kappa shape index (κ2) is 11.5. The first-order valence-electron chi connectivity index (χ1n) is 18.7. The molecule has 0 radical (unpaired) electrons. The van der Waals surface area contributed by atoms with E-state index in [2.05, 4.69) is 202 Å². The maximum Gasteiger partial charge on any atom is 0.235 e. The Morgan fingerprint density at radius 1 is 0.327 bits per heavy atom. The summed E-state index contributed by atoms with van der Waals surface area (Å²) in [5, 5.41) is 8.23. The molecule has 0 aliphatic heterocycles. The number of para-hydroxylation sites is 4. The Kier molecular flexibility index (Phi) is 6.27. The van der Waals surface area contributed by atoms with Crippen molar-refractivity contribution in [3.8, 4) is 28.6 Å². The molecule has 0 saturated carbocycles. The Bertz CT molecular complexity index is 3470. The second-order valence-corrected chi connectivity index (χ2v) is 14.3. The lowest BCUT2D eigenvalue weighted by Gasteiger charge is -2.13. The summed E-state index contributed by atoms with van der Waals surface area (Å²) in [7, 11) is 0. The quantitative estimate of drug-likeness (QED) is 0.183. The van der Waals surface area contributed by atoms with Crippen molar-refractivity contribution < 1.29 is 0 Å². The Hall–Kier alpha value is -7.50. The van der Waals surface area contributed by atoms with Crippen molar-refractivity contribution in [3.05, 3.63) is 188 Å². The van der Waals surface area contributed by atoms with E-state index in [1.54, 1.807) is 0 Å². The van der Waals surface area contributed by atoms with Gasteiger partial charge in [0, 0.05) is 43.9 Å². The van der Waals surface area contributed by atoms with Crippen LogP contribution in [0.25, 0.3) is 105 Å². The fourth-order valence-corrected chi connectivity index (χ4v) is 8.81. The Balaban J connectivity index is 1.26. The van der Waals surface area contributed by atoms with Crippen LogP contribution in [0.1, 0.15) is 0 Å². The minimum Gasteiger partial charge on any atom is -0.309 e. The first-order valence-corrected chi connectivity index (χ1v) is 18.7. The smallest absolute Gasteiger partial charge is 0.235 e. The first-order chi connectivity index (χ1) is 27.3. The SMILES string of the molecule is c1ccc(-c2nc(-n3c4ccccc4c4cc5c6ccccc6n(-c6ccccc6)c5cc43)nc3c4cc5ccccc5cc4n(-c4ccccc4)c23)cc1. The number of fused-ring (bicyclic) bond motifs is 10. The molecular weight excluding hydrogens is 671 g/mol. The monoisotopic (exact) mass is 701 g/mol. The molecule has 0 fully saturated rings. The van der Waals surface area contributed by atoms with E-state index < -0.39 is 0 Å². The van der Waals surface area contributed by atoms with Gasteiger partial charge < -0.3 is 9.13 Å². The van der Waals surface area contributed by atoms with E-state index in [1.165, 1.54) is 37.8 Å². The highest BCUT2D eigenvalue weighted by atomic mass is 15.2. The summed E-state index contributed by atoms with van der Waals surface area (Å²) in [5.74, 6) is 0.638. The summed E-state index contributed by atoms with van der Waals surface area (Å²) in [4.78, 5) is 11.2. The molecule has 5 nitrogen and oxygen atoms in total. The van der Waals surface area contributed by atoms with Gasteiger partial charge in [0.25, 0.3) is 0 Å². The zero-order valence-electron chi connectivity index (χ0n) is 29.6. The molecule has 12 rings (SSSR count). The summed E-state index contributed by atoms with van der Waals surface area (Å²) in [5.41, 5.74) is 11.6. The van der Waals surface area contributed by atoms with E-state index in [-0.39, 0.29) is 0 Å². The third kappa shape index (κ3) is 4.35. The number of hydrogen-bond acceptors (Lipinski definition) is 2. The molecule has 4 aromatic heterocycles. The maximum atomic E-state index is 5.61. The van der Waals surface area contributed by atoms with Gasteiger partial charge in [-0.1, -0.05) is 127 Å². The number of rotatable bonds is 4. The van der Waals surface area contributed by atoms with Gasteiger partial charge in [-0.3, -0.25) is 4.57 Å². The number of nitrogens with zero attached hydrogens (tertiary/aromatic N) is 5. The third-order valence-electron chi connectivity index (χ3n) is 11.2. The standard InChI is InChI=1S/C50H31N5/c1-4-16-32(17-5-1)47-49-48(41-28-33-18-10-11-19-34(33)29-44(41)54(49)36-22-8-3-9-23-36)52-50(51-47)55-43-27-15-13-25-38(43)40-30-39-37-24-12-14-26-42(37)53(45(39)31-46(40)55)35-20-6-2-7-21-35/h1-31H. The zero-order chi connectivity index (χ0) is 36.0. The van der Waals surface area contributed by atoms with Crippen molar-refractivity contribution in [3.63, 3.8) is 0 Å². The number of benzene rings is 8. The van der Waals surface area contributed by atoms with Crippen LogP contribution in [0, 0.1) is 0 Å². The summed E-state index contributed by atoms with van der Waals surface area (Å²) < 4.78 is 7.00. The van der Waals surface area contributed by atoms with Crippen molar-refractivity contribution in [2.75, 3.05) is 0 Å². The maximum absolute atomic E-state index is 5.61. The molecule has 0 aliphatic rings. The molecule has 12 aromatic rings. The van der Waals surface area contributed by atoms with Crippen LogP contribution in [-0.4, -0.2) is 23.7 Å². The van der Waals surface area contributed by atoms with Crippen LogP contribution >= 0.6 is 0 Å². The van der Waals surface area contributed by atoms with Crippen LogP contribution in [0.2, 0.25) is 0 Å². The molecule has 0 unspecified atom stereocenters. The Morgan fingerprint density at radius 3 is 1.51 bits per heavy atom. The average molecular weight is 702 g/mol. The lowest BCUT2D eigenvalue weighted by molar-refractivity contribution is 1.01. The number of aromatic nitrogens is 5. The van der Waals surface area contributed by atoms with Crippen LogP contribution in [0.4, 0.5) is 0 Å². The van der Waals surface area contributed by atoms with Gasteiger partial charge in [0.2, 0.25) is 5.95 Å². The van der Waals surface area contributed by atoms with E-state index >= 15 is 0 Å². The second-order valence-electron chi connectivity index (χ2n) is 14.3. The summed E-state index contributed by atoms with van der Waals surface area (Å²) in [6, 6.07) is 67.0. The van der Waals surface area contributed by atoms with Gasteiger partial charge in [-0.05, 0) is 71.4 Å². The largest absolute Gasteiger partial charge is 0.309 e. The predicted molar refractivity (Wildman–Crippen MR) is 228 cm³/mol. The summed E-state index contributed by atoms with van der Waals surface area (Å²) in [6.45, 7) is 0. The normalized spacial score (nSPS) is 12.0. The van der Waals surface area contributed by atoms with Gasteiger partial charge in [-0.2, -0.15) is 0 Å². The van der Waals surface area contributed by atoms with Crippen molar-refractivity contribution in [1.82, 2.24) is 23.7 Å². The van der Waals surface area contributed by atoms with E-state index in [9.17, 15) is 0 Å². The predicted octanol–water partition coefficient (Wildman–Crippen LogP) is 12.6. The highest BCUT2D eigenvalue weighted by Crippen LogP contribution is 2.42. The van der Waals surface area contributed by atoms with Crippen LogP contribution < -0.4 is 0 Å². The van der Waals surface area contributed by atoms with Gasteiger partial charge in [0.05, 0.1) is 33.1 Å². The lowest BCUT2D eigenvalue weighted by Crippen LogP contribution is -2.05. The van der Waals surface area contributed by atoms with Gasteiger partial charge in [-0.25, -0.2) is 9.97 Å². The molecule has 256 valence electrons. The molecule has 55 heavy (non-hydrogen) atoms. The topological polar surface area (TPSA) is 40.6 Å². The third-order valence-corrected chi connectivity index (χ3v) is 11.2. The molecule has 0 aliphatic carbocycles. The van der Waals surface area contributed by atoms with Crippen LogP contribution in [0.15, 0.2) is 188 Å². The Labute approximate surface area is 315 Å². The van der Waals surface area contributed by atoms with Gasteiger partial charge >= 0.3 is 0 Å². The van der Waals surface area contributed by atoms with Gasteiger partial charge in [0.1, 0.15) is 11.2 Å². The highest BCUT2D eigenvalue weighted by Gasteiger charge is 2.24. The zero-order valence-corrected chi connectivity index (χ0v) is 29.6. The first kappa shape index (κ1) is 30.0. The highest BCUT2D eigenvalue weighted by molar-refractivity contribution is 6.20. The van der Waals surface area contributed by atoms with Crippen LogP contribution in [0.5, 0.6) is 0 Å². The lowest BCUT2D eigenvalue weighted by atomic mass is 10.1. The van der Waals surface area contributed by atoms with Crippen LogP contribution in [0.3, 0.4) is 0 Å². The van der Waals surface area contributed by atoms with E-state index in [4.69, 9.17) is 9.97 Å². The molecule has 0 amide bonds. The average Bonchev–Trinajstić information content (AvgIpc) is 3.87. The van der Waals surface area contributed by atoms with Crippen molar-refractivity contribution in [1.29, 1.82) is 0 Å². The molecular formula is C50H31N5. The fraction of sp³-hybridized carbons (Fsp3) is 0. The summed E-state index contributed by atoms with van der Waals surface area (Å²) >= 11 is 0. The minimum absolute atomic E-state index is 0.638. The molecule has 5 heteroatoms. The molecule has 0 spiro atoms. The van der Waals surface area contributed by atoms with E-state index in [0.29, 0.717) is 5.95 Å². The van der Waals surface area contributed by atoms with E-state index in [0.717, 1.165) is 61.1 Å². The Morgan fingerprint density at radius 2 is 0.836 bits per heavy atom. The molecule has 4 heterocycles. The number of hydrogen-bond donors (Lipinski definition) is 0. The molecule has 0 N–H and O–H groups in total. The van der Waals surface area contributed by atoms with Crippen molar-refractivity contribution in [2.24, 2.45) is 0 Å². The minimum atomic E-state index is 0.638. The fourth-order valence-electron chi connectivity index (χ4n) is 8.81. The van der Waals surface area contributed by atoms with Gasteiger partial charge in [-0.15, -0.1) is 0 Å². The van der Waals surface area contributed by atoms with Crippen molar-refractivity contribution >= 4 is 76.3 Å². The van der Waals surface area contributed by atoms with Crippen LogP contribution in [-0.2, 0) is 0 Å².